The van der Waals surface area contributed by atoms with Crippen LogP contribution in [-0.4, -0.2) is 33.0 Å². The summed E-state index contributed by atoms with van der Waals surface area (Å²) in [5.41, 5.74) is 2.67. The molecule has 0 spiro atoms. The van der Waals surface area contributed by atoms with E-state index in [1.165, 1.54) is 0 Å². The summed E-state index contributed by atoms with van der Waals surface area (Å²) in [4.78, 5) is 17.0. The predicted octanol–water partition coefficient (Wildman–Crippen LogP) is 2.16. The summed E-state index contributed by atoms with van der Waals surface area (Å²) in [5.74, 6) is -0.0685. The summed E-state index contributed by atoms with van der Waals surface area (Å²) in [7, 11) is 1.78. The lowest BCUT2D eigenvalue weighted by Gasteiger charge is -2.16. The molecule has 1 aromatic carbocycles. The molecule has 5 heteroatoms. The Balaban J connectivity index is 1.85. The lowest BCUT2D eigenvalue weighted by atomic mass is 10.1. The fourth-order valence-corrected chi connectivity index (χ4v) is 2.19. The van der Waals surface area contributed by atoms with Gasteiger partial charge >= 0.3 is 0 Å². The Morgan fingerprint density at radius 1 is 1.32 bits per heavy atom. The van der Waals surface area contributed by atoms with Gasteiger partial charge in [0.25, 0.3) is 5.91 Å². The highest BCUT2D eigenvalue weighted by Crippen LogP contribution is 2.18. The molecule has 96 valence electrons. The summed E-state index contributed by atoms with van der Waals surface area (Å²) in [6.45, 7) is 0.551. The average Bonchev–Trinajstić information content (AvgIpc) is 3.09. The molecule has 0 saturated heterocycles. The molecular formula is C14H14N4O. The van der Waals surface area contributed by atoms with Gasteiger partial charge in [0.2, 0.25) is 0 Å². The van der Waals surface area contributed by atoms with E-state index in [1.54, 1.807) is 24.2 Å². The van der Waals surface area contributed by atoms with Gasteiger partial charge in [-0.25, -0.2) is 0 Å². The molecule has 5 nitrogen and oxygen atoms in total. The molecule has 1 amide bonds. The van der Waals surface area contributed by atoms with E-state index in [4.69, 9.17) is 0 Å². The Morgan fingerprint density at radius 2 is 2.21 bits per heavy atom. The van der Waals surface area contributed by atoms with E-state index in [2.05, 4.69) is 15.2 Å². The molecule has 0 aliphatic carbocycles. The smallest absolute Gasteiger partial charge is 0.271 e. The van der Waals surface area contributed by atoms with Gasteiger partial charge in [-0.15, -0.1) is 0 Å². The molecule has 0 unspecified atom stereocenters. The number of rotatable bonds is 3. The summed E-state index contributed by atoms with van der Waals surface area (Å²) in [6.07, 6.45) is 3.48. The number of carbonyl (C=O) groups is 1. The molecule has 3 rings (SSSR count). The number of aromatic amines is 2. The normalized spacial score (nSPS) is 10.8. The van der Waals surface area contributed by atoms with Gasteiger partial charge < -0.3 is 9.88 Å². The molecule has 2 heterocycles. The number of nitrogens with one attached hydrogen (secondary N) is 2. The van der Waals surface area contributed by atoms with Gasteiger partial charge in [0.05, 0.1) is 5.52 Å². The first-order valence-electron chi connectivity index (χ1n) is 6.05. The maximum atomic E-state index is 12.1. The van der Waals surface area contributed by atoms with Crippen molar-refractivity contribution in [3.05, 3.63) is 54.0 Å². The van der Waals surface area contributed by atoms with E-state index in [-0.39, 0.29) is 5.91 Å². The second-order valence-electron chi connectivity index (χ2n) is 4.49. The van der Waals surface area contributed by atoms with Crippen LogP contribution in [-0.2, 0) is 6.54 Å². The van der Waals surface area contributed by atoms with Crippen LogP contribution in [0.3, 0.4) is 0 Å². The highest BCUT2D eigenvalue weighted by molar-refractivity contribution is 5.92. The lowest BCUT2D eigenvalue weighted by Crippen LogP contribution is -2.26. The zero-order valence-corrected chi connectivity index (χ0v) is 10.6. The second kappa shape index (κ2) is 4.61. The average molecular weight is 254 g/mol. The summed E-state index contributed by atoms with van der Waals surface area (Å²) >= 11 is 0. The van der Waals surface area contributed by atoms with Gasteiger partial charge in [0.15, 0.2) is 0 Å². The van der Waals surface area contributed by atoms with Crippen molar-refractivity contribution in [2.45, 2.75) is 6.54 Å². The summed E-state index contributed by atoms with van der Waals surface area (Å²) < 4.78 is 0. The van der Waals surface area contributed by atoms with E-state index < -0.39 is 0 Å². The van der Waals surface area contributed by atoms with Gasteiger partial charge in [-0.05, 0) is 23.1 Å². The van der Waals surface area contributed by atoms with Crippen molar-refractivity contribution in [2.24, 2.45) is 0 Å². The molecular weight excluding hydrogens is 240 g/mol. The van der Waals surface area contributed by atoms with Gasteiger partial charge in [0.1, 0.15) is 5.69 Å². The standard InChI is InChI=1S/C14H14N4O/c1-18(14(19)12-6-8-16-17-12)9-11-4-2-3-10-5-7-15-13(10)11/h2-8,15H,9H2,1H3,(H,16,17). The number of benzene rings is 1. The topological polar surface area (TPSA) is 64.8 Å². The minimum absolute atomic E-state index is 0.0685. The van der Waals surface area contributed by atoms with Crippen molar-refractivity contribution < 1.29 is 4.79 Å². The first kappa shape index (κ1) is 11.5. The first-order chi connectivity index (χ1) is 9.25. The molecule has 3 aromatic rings. The number of H-pyrrole nitrogens is 2. The maximum absolute atomic E-state index is 12.1. The number of hydrogen-bond donors (Lipinski definition) is 2. The van der Waals surface area contributed by atoms with Crippen molar-refractivity contribution in [2.75, 3.05) is 7.05 Å². The molecule has 19 heavy (non-hydrogen) atoms. The minimum Gasteiger partial charge on any atom is -0.361 e. The van der Waals surface area contributed by atoms with Gasteiger partial charge in [-0.3, -0.25) is 9.89 Å². The molecule has 0 bridgehead atoms. The third-order valence-electron chi connectivity index (χ3n) is 3.16. The van der Waals surface area contributed by atoms with Crippen molar-refractivity contribution in [1.29, 1.82) is 0 Å². The van der Waals surface area contributed by atoms with E-state index >= 15 is 0 Å². The van der Waals surface area contributed by atoms with Gasteiger partial charge in [-0.2, -0.15) is 5.10 Å². The molecule has 0 radical (unpaired) electrons. The number of carbonyl (C=O) groups excluding carboxylic acids is 1. The predicted molar refractivity (Wildman–Crippen MR) is 72.7 cm³/mol. The molecule has 0 atom stereocenters. The van der Waals surface area contributed by atoms with Crippen molar-refractivity contribution in [3.63, 3.8) is 0 Å². The molecule has 0 aliphatic heterocycles. The molecule has 0 fully saturated rings. The molecule has 2 N–H and O–H groups in total. The van der Waals surface area contributed by atoms with E-state index in [9.17, 15) is 4.79 Å². The molecule has 2 aromatic heterocycles. The van der Waals surface area contributed by atoms with Crippen molar-refractivity contribution in [3.8, 4) is 0 Å². The number of hydrogen-bond acceptors (Lipinski definition) is 2. The zero-order valence-electron chi connectivity index (χ0n) is 10.6. The molecule has 0 aliphatic rings. The van der Waals surface area contributed by atoms with Crippen LogP contribution in [0.5, 0.6) is 0 Å². The van der Waals surface area contributed by atoms with Crippen LogP contribution in [0.1, 0.15) is 16.1 Å². The van der Waals surface area contributed by atoms with Crippen LogP contribution in [0.25, 0.3) is 10.9 Å². The minimum atomic E-state index is -0.0685. The van der Waals surface area contributed by atoms with Crippen LogP contribution in [0.4, 0.5) is 0 Å². The van der Waals surface area contributed by atoms with E-state index in [1.807, 2.05) is 30.5 Å². The quantitative estimate of drug-likeness (QED) is 0.752. The summed E-state index contributed by atoms with van der Waals surface area (Å²) in [5, 5.41) is 7.64. The van der Waals surface area contributed by atoms with Crippen LogP contribution in [0, 0.1) is 0 Å². The highest BCUT2D eigenvalue weighted by Gasteiger charge is 2.14. The fraction of sp³-hybridized carbons (Fsp3) is 0.143. The number of nitrogens with zero attached hydrogens (tertiary/aromatic N) is 2. The van der Waals surface area contributed by atoms with Crippen molar-refractivity contribution in [1.82, 2.24) is 20.1 Å². The number of aromatic nitrogens is 3. The maximum Gasteiger partial charge on any atom is 0.271 e. The number of fused-ring (bicyclic) bond motifs is 1. The van der Waals surface area contributed by atoms with Gasteiger partial charge in [-0.1, -0.05) is 18.2 Å². The third-order valence-corrected chi connectivity index (χ3v) is 3.16. The van der Waals surface area contributed by atoms with Crippen LogP contribution >= 0.6 is 0 Å². The Hall–Kier alpha value is -2.56. The van der Waals surface area contributed by atoms with Crippen LogP contribution in [0.2, 0.25) is 0 Å². The zero-order chi connectivity index (χ0) is 13.2. The lowest BCUT2D eigenvalue weighted by molar-refractivity contribution is 0.0780. The second-order valence-corrected chi connectivity index (χ2v) is 4.49. The van der Waals surface area contributed by atoms with E-state index in [0.717, 1.165) is 16.5 Å². The van der Waals surface area contributed by atoms with Crippen molar-refractivity contribution >= 4 is 16.8 Å². The monoisotopic (exact) mass is 254 g/mol. The Morgan fingerprint density at radius 3 is 3.00 bits per heavy atom. The Bertz CT molecular complexity index is 699. The van der Waals surface area contributed by atoms with E-state index in [0.29, 0.717) is 12.2 Å². The highest BCUT2D eigenvalue weighted by atomic mass is 16.2. The van der Waals surface area contributed by atoms with Crippen LogP contribution in [0.15, 0.2) is 42.7 Å². The third kappa shape index (κ3) is 2.10. The van der Waals surface area contributed by atoms with Crippen LogP contribution < -0.4 is 0 Å². The molecule has 0 saturated carbocycles. The fourth-order valence-electron chi connectivity index (χ4n) is 2.19. The Kier molecular flexibility index (Phi) is 2.79. The van der Waals surface area contributed by atoms with Gasteiger partial charge in [0, 0.05) is 26.0 Å². The number of para-hydroxylation sites is 1. The number of amides is 1. The SMILES string of the molecule is CN(Cc1cccc2cc[nH]c12)C(=O)c1ccn[nH]1. The first-order valence-corrected chi connectivity index (χ1v) is 6.05. The Labute approximate surface area is 110 Å². The largest absolute Gasteiger partial charge is 0.361 e. The summed E-state index contributed by atoms with van der Waals surface area (Å²) in [6, 6.07) is 9.77.